The maximum Gasteiger partial charge on any atom is 0.341 e. The molecule has 0 aromatic heterocycles. The number of hydrogen-bond donors (Lipinski definition) is 0. The Morgan fingerprint density at radius 3 is 2.06 bits per heavy atom. The number of unbranched alkanes of at least 4 members (excludes halogenated alkanes) is 1. The van der Waals surface area contributed by atoms with E-state index in [9.17, 15) is 14.9 Å². The Balaban J connectivity index is 1.35. The molecular weight excluding hydrogens is 450 g/mol. The number of nitro groups is 1. The lowest BCUT2D eigenvalue weighted by Crippen LogP contribution is -2.08. The lowest BCUT2D eigenvalue weighted by atomic mass is 10.1. The quantitative estimate of drug-likeness (QED) is 0.128. The molecule has 3 aromatic rings. The molecule has 0 N–H and O–H groups in total. The van der Waals surface area contributed by atoms with E-state index in [1.54, 1.807) is 0 Å². The summed E-state index contributed by atoms with van der Waals surface area (Å²) in [6.07, 6.45) is 3.30. The van der Waals surface area contributed by atoms with Gasteiger partial charge in [-0.1, -0.05) is 30.3 Å². The van der Waals surface area contributed by atoms with Crippen LogP contribution in [-0.4, -0.2) is 37.8 Å². The molecular formula is C27H29NO7. The van der Waals surface area contributed by atoms with E-state index in [0.29, 0.717) is 26.2 Å². The highest BCUT2D eigenvalue weighted by atomic mass is 16.6. The summed E-state index contributed by atoms with van der Waals surface area (Å²) in [4.78, 5) is 22.3. The van der Waals surface area contributed by atoms with Crippen LogP contribution in [-0.2, 0) is 11.2 Å². The third kappa shape index (κ3) is 8.33. The molecule has 0 aliphatic heterocycles. The van der Waals surface area contributed by atoms with Crippen LogP contribution in [0.25, 0.3) is 0 Å². The van der Waals surface area contributed by atoms with E-state index in [1.807, 2.05) is 54.6 Å². The van der Waals surface area contributed by atoms with Crippen LogP contribution in [0.2, 0.25) is 0 Å². The molecule has 8 heteroatoms. The van der Waals surface area contributed by atoms with Crippen molar-refractivity contribution in [3.8, 4) is 17.2 Å². The van der Waals surface area contributed by atoms with Gasteiger partial charge in [0.25, 0.3) is 5.69 Å². The van der Waals surface area contributed by atoms with Crippen molar-refractivity contribution in [2.24, 2.45) is 0 Å². The number of nitro benzene ring substituents is 1. The van der Waals surface area contributed by atoms with Crippen LogP contribution in [0.3, 0.4) is 0 Å². The molecule has 8 nitrogen and oxygen atoms in total. The Labute approximate surface area is 204 Å². The number of methoxy groups -OCH3 is 1. The molecule has 0 fully saturated rings. The highest BCUT2D eigenvalue weighted by Crippen LogP contribution is 2.25. The van der Waals surface area contributed by atoms with Crippen LogP contribution in [0.1, 0.15) is 35.2 Å². The van der Waals surface area contributed by atoms with E-state index in [2.05, 4.69) is 0 Å². The number of nitrogens with zero attached hydrogens (tertiary/aromatic N) is 1. The smallest absolute Gasteiger partial charge is 0.341 e. The summed E-state index contributed by atoms with van der Waals surface area (Å²) in [7, 11) is 1.22. The lowest BCUT2D eigenvalue weighted by molar-refractivity contribution is -0.384. The largest absolute Gasteiger partial charge is 0.494 e. The number of ether oxygens (including phenoxy) is 4. The first kappa shape index (κ1) is 25.6. The van der Waals surface area contributed by atoms with Crippen molar-refractivity contribution in [3.63, 3.8) is 0 Å². The summed E-state index contributed by atoms with van der Waals surface area (Å²) >= 11 is 0. The zero-order valence-corrected chi connectivity index (χ0v) is 19.7. The summed E-state index contributed by atoms with van der Waals surface area (Å²) in [5.41, 5.74) is 0.976. The molecule has 0 saturated heterocycles. The highest BCUT2D eigenvalue weighted by Gasteiger charge is 2.18. The molecule has 3 aromatic carbocycles. The molecule has 0 heterocycles. The minimum Gasteiger partial charge on any atom is -0.494 e. The van der Waals surface area contributed by atoms with Crippen molar-refractivity contribution in [1.82, 2.24) is 0 Å². The van der Waals surface area contributed by atoms with Gasteiger partial charge in [-0.15, -0.1) is 0 Å². The Bertz CT molecular complexity index is 1080. The number of esters is 1. The van der Waals surface area contributed by atoms with Crippen LogP contribution in [0.4, 0.5) is 5.69 Å². The first-order chi connectivity index (χ1) is 17.1. The Kier molecular flexibility index (Phi) is 9.92. The van der Waals surface area contributed by atoms with Crippen molar-refractivity contribution in [1.29, 1.82) is 0 Å². The second kappa shape index (κ2) is 13.6. The van der Waals surface area contributed by atoms with Crippen molar-refractivity contribution in [3.05, 3.63) is 94.0 Å². The SMILES string of the molecule is COC(=O)c1cc([N+](=O)[O-])ccc1OCCCc1ccc(OCCCCOc2ccccc2)cc1. The van der Waals surface area contributed by atoms with Gasteiger partial charge in [-0.2, -0.15) is 0 Å². The second-order valence-electron chi connectivity index (χ2n) is 7.74. The monoisotopic (exact) mass is 479 g/mol. The fourth-order valence-corrected chi connectivity index (χ4v) is 3.34. The summed E-state index contributed by atoms with van der Waals surface area (Å²) in [5.74, 6) is 1.29. The fourth-order valence-electron chi connectivity index (χ4n) is 3.34. The number of aryl methyl sites for hydroxylation is 1. The third-order valence-electron chi connectivity index (χ3n) is 5.19. The van der Waals surface area contributed by atoms with Gasteiger partial charge in [0, 0.05) is 12.1 Å². The second-order valence-corrected chi connectivity index (χ2v) is 7.74. The third-order valence-corrected chi connectivity index (χ3v) is 5.19. The number of hydrogen-bond acceptors (Lipinski definition) is 7. The lowest BCUT2D eigenvalue weighted by Gasteiger charge is -2.11. The molecule has 0 aliphatic rings. The maximum absolute atomic E-state index is 11.9. The molecule has 35 heavy (non-hydrogen) atoms. The zero-order chi connectivity index (χ0) is 24.9. The van der Waals surface area contributed by atoms with Crippen LogP contribution in [0, 0.1) is 10.1 Å². The highest BCUT2D eigenvalue weighted by molar-refractivity contribution is 5.93. The number of rotatable bonds is 14. The zero-order valence-electron chi connectivity index (χ0n) is 19.7. The molecule has 184 valence electrons. The molecule has 0 amide bonds. The predicted octanol–water partition coefficient (Wildman–Crippen LogP) is 5.63. The number of para-hydroxylation sites is 1. The first-order valence-corrected chi connectivity index (χ1v) is 11.5. The van der Waals surface area contributed by atoms with Crippen molar-refractivity contribution < 1.29 is 28.7 Å². The van der Waals surface area contributed by atoms with E-state index < -0.39 is 10.9 Å². The van der Waals surface area contributed by atoms with Gasteiger partial charge in [0.15, 0.2) is 0 Å². The summed E-state index contributed by atoms with van der Waals surface area (Å²) in [6.45, 7) is 1.64. The van der Waals surface area contributed by atoms with E-state index in [4.69, 9.17) is 18.9 Å². The van der Waals surface area contributed by atoms with Crippen molar-refractivity contribution in [2.75, 3.05) is 26.9 Å². The van der Waals surface area contributed by atoms with E-state index in [-0.39, 0.29) is 17.0 Å². The summed E-state index contributed by atoms with van der Waals surface area (Å²) in [6, 6.07) is 21.6. The van der Waals surface area contributed by atoms with E-state index >= 15 is 0 Å². The Hall–Kier alpha value is -4.07. The number of carbonyl (C=O) groups excluding carboxylic acids is 1. The summed E-state index contributed by atoms with van der Waals surface area (Å²) < 4.78 is 21.9. The maximum atomic E-state index is 11.9. The van der Waals surface area contributed by atoms with Crippen LogP contribution >= 0.6 is 0 Å². The van der Waals surface area contributed by atoms with E-state index in [1.165, 1.54) is 19.2 Å². The topological polar surface area (TPSA) is 97.1 Å². The molecule has 0 unspecified atom stereocenters. The van der Waals surface area contributed by atoms with Crippen molar-refractivity contribution in [2.45, 2.75) is 25.7 Å². The number of non-ortho nitro benzene ring substituents is 1. The standard InChI is InChI=1S/C27H29NO7/c1-32-27(29)25-20-22(28(30)31)13-16-26(25)35-19-7-8-21-11-14-24(15-12-21)34-18-6-5-17-33-23-9-3-2-4-10-23/h2-4,9-16,20H,5-8,17-19H2,1H3. The molecule has 0 spiro atoms. The minimum absolute atomic E-state index is 0.0369. The molecule has 0 radical (unpaired) electrons. The first-order valence-electron chi connectivity index (χ1n) is 11.5. The molecule has 3 rings (SSSR count). The summed E-state index contributed by atoms with van der Waals surface area (Å²) in [5, 5.41) is 11.0. The van der Waals surface area contributed by atoms with Crippen LogP contribution in [0.5, 0.6) is 17.2 Å². The van der Waals surface area contributed by atoms with Crippen LogP contribution in [0.15, 0.2) is 72.8 Å². The molecule has 0 bridgehead atoms. The number of carbonyl (C=O) groups is 1. The molecule has 0 aliphatic carbocycles. The Morgan fingerprint density at radius 1 is 0.800 bits per heavy atom. The van der Waals surface area contributed by atoms with Gasteiger partial charge in [-0.3, -0.25) is 10.1 Å². The van der Waals surface area contributed by atoms with Crippen LogP contribution < -0.4 is 14.2 Å². The fraction of sp³-hybridized carbons (Fsp3) is 0.296. The minimum atomic E-state index is -0.678. The van der Waals surface area contributed by atoms with Gasteiger partial charge in [0.05, 0.1) is 31.9 Å². The van der Waals surface area contributed by atoms with E-state index in [0.717, 1.165) is 42.4 Å². The average Bonchev–Trinajstić information content (AvgIpc) is 2.89. The van der Waals surface area contributed by atoms with Gasteiger partial charge in [-0.25, -0.2) is 4.79 Å². The van der Waals surface area contributed by atoms with Crippen molar-refractivity contribution >= 4 is 11.7 Å². The van der Waals surface area contributed by atoms with Gasteiger partial charge in [0.2, 0.25) is 0 Å². The number of benzene rings is 3. The molecule has 0 saturated carbocycles. The normalized spacial score (nSPS) is 10.4. The molecule has 0 atom stereocenters. The van der Waals surface area contributed by atoms with Gasteiger partial charge in [0.1, 0.15) is 22.8 Å². The van der Waals surface area contributed by atoms with Gasteiger partial charge in [-0.05, 0) is 61.6 Å². The van der Waals surface area contributed by atoms with Gasteiger partial charge < -0.3 is 18.9 Å². The van der Waals surface area contributed by atoms with Gasteiger partial charge >= 0.3 is 5.97 Å². The Morgan fingerprint density at radius 2 is 1.43 bits per heavy atom. The average molecular weight is 480 g/mol. The predicted molar refractivity (Wildman–Crippen MR) is 131 cm³/mol.